The summed E-state index contributed by atoms with van der Waals surface area (Å²) in [4.78, 5) is 0. The molecule has 1 N–H and O–H groups in total. The van der Waals surface area contributed by atoms with E-state index in [0.29, 0.717) is 17.6 Å². The fraction of sp³-hybridized carbons (Fsp3) is 0.538. The molecule has 94 valence electrons. The molecule has 4 heteroatoms. The lowest BCUT2D eigenvalue weighted by molar-refractivity contribution is 0.378. The molecule has 2 rings (SSSR count). The van der Waals surface area contributed by atoms with Gasteiger partial charge in [-0.25, -0.2) is 4.39 Å². The van der Waals surface area contributed by atoms with Crippen LogP contribution in [-0.2, 0) is 6.54 Å². The number of nitrogens with one attached hydrogen (secondary N) is 1. The molecule has 1 aliphatic carbocycles. The predicted octanol–water partition coefficient (Wildman–Crippen LogP) is 4.12. The van der Waals surface area contributed by atoms with Crippen LogP contribution in [0.5, 0.6) is 0 Å². The van der Waals surface area contributed by atoms with Gasteiger partial charge in [-0.15, -0.1) is 11.6 Å². The minimum Gasteiger partial charge on any atom is -0.308 e. The first-order chi connectivity index (χ1) is 8.16. The van der Waals surface area contributed by atoms with Gasteiger partial charge >= 0.3 is 0 Å². The Labute approximate surface area is 111 Å². The maximum Gasteiger partial charge on any atom is 0.123 e. The van der Waals surface area contributed by atoms with E-state index in [-0.39, 0.29) is 11.2 Å². The fourth-order valence-corrected chi connectivity index (χ4v) is 2.79. The van der Waals surface area contributed by atoms with Crippen LogP contribution in [0, 0.1) is 5.82 Å². The molecular weight excluding hydrogens is 260 g/mol. The summed E-state index contributed by atoms with van der Waals surface area (Å²) in [7, 11) is 0. The van der Waals surface area contributed by atoms with Crippen molar-refractivity contribution in [2.24, 2.45) is 0 Å². The van der Waals surface area contributed by atoms with Crippen LogP contribution in [0.4, 0.5) is 4.39 Å². The number of alkyl halides is 1. The number of hydrogen-bond donors (Lipinski definition) is 1. The van der Waals surface area contributed by atoms with Crippen LogP contribution in [-0.4, -0.2) is 11.4 Å². The van der Waals surface area contributed by atoms with Gasteiger partial charge in [0.15, 0.2) is 0 Å². The molecule has 1 saturated carbocycles. The van der Waals surface area contributed by atoms with E-state index < -0.39 is 0 Å². The molecule has 1 fully saturated rings. The minimum atomic E-state index is -0.253. The second-order valence-corrected chi connectivity index (χ2v) is 5.49. The van der Waals surface area contributed by atoms with Crippen LogP contribution in [0.2, 0.25) is 5.02 Å². The summed E-state index contributed by atoms with van der Waals surface area (Å²) in [5, 5.41) is 4.15. The van der Waals surface area contributed by atoms with Crippen molar-refractivity contribution in [3.8, 4) is 0 Å². The van der Waals surface area contributed by atoms with E-state index in [1.54, 1.807) is 6.07 Å². The Hall–Kier alpha value is -0.310. The maximum atomic E-state index is 13.1. The van der Waals surface area contributed by atoms with Gasteiger partial charge in [-0.1, -0.05) is 24.4 Å². The summed E-state index contributed by atoms with van der Waals surface area (Å²) >= 11 is 12.3. The molecule has 0 bridgehead atoms. The third-order valence-corrected chi connectivity index (χ3v) is 4.14. The van der Waals surface area contributed by atoms with Crippen LogP contribution in [0.3, 0.4) is 0 Å². The molecule has 0 radical (unpaired) electrons. The average molecular weight is 276 g/mol. The zero-order valence-corrected chi connectivity index (χ0v) is 11.1. The standard InChI is InChI=1S/C13H16Cl2FN/c14-11-6-5-10(16)7-9(11)8-17-13-4-2-1-3-12(13)15/h5-7,12-13,17H,1-4,8H2. The molecule has 1 nitrogen and oxygen atoms in total. The monoisotopic (exact) mass is 275 g/mol. The summed E-state index contributed by atoms with van der Waals surface area (Å²) < 4.78 is 13.1. The van der Waals surface area contributed by atoms with Gasteiger partial charge in [-0.3, -0.25) is 0 Å². The Morgan fingerprint density at radius 3 is 2.82 bits per heavy atom. The maximum absolute atomic E-state index is 13.1. The van der Waals surface area contributed by atoms with Gasteiger partial charge in [0.2, 0.25) is 0 Å². The van der Waals surface area contributed by atoms with E-state index >= 15 is 0 Å². The third kappa shape index (κ3) is 3.57. The van der Waals surface area contributed by atoms with Crippen LogP contribution in [0.25, 0.3) is 0 Å². The highest BCUT2D eigenvalue weighted by Crippen LogP contribution is 2.24. The van der Waals surface area contributed by atoms with Crippen LogP contribution < -0.4 is 5.32 Å². The van der Waals surface area contributed by atoms with Crippen molar-refractivity contribution in [1.82, 2.24) is 5.32 Å². The zero-order valence-electron chi connectivity index (χ0n) is 9.56. The highest BCUT2D eigenvalue weighted by atomic mass is 35.5. The Morgan fingerprint density at radius 2 is 2.06 bits per heavy atom. The quantitative estimate of drug-likeness (QED) is 0.819. The van der Waals surface area contributed by atoms with Gasteiger partial charge in [-0.05, 0) is 36.6 Å². The molecule has 1 aromatic rings. The first-order valence-corrected chi connectivity index (χ1v) is 6.79. The smallest absolute Gasteiger partial charge is 0.123 e. The molecule has 2 unspecified atom stereocenters. The zero-order chi connectivity index (χ0) is 12.3. The van der Waals surface area contributed by atoms with E-state index in [2.05, 4.69) is 5.32 Å². The Morgan fingerprint density at radius 1 is 1.29 bits per heavy atom. The Bertz CT molecular complexity index is 384. The van der Waals surface area contributed by atoms with Crippen molar-refractivity contribution in [2.45, 2.75) is 43.6 Å². The van der Waals surface area contributed by atoms with E-state index in [9.17, 15) is 4.39 Å². The van der Waals surface area contributed by atoms with Crippen molar-refractivity contribution in [3.05, 3.63) is 34.6 Å². The van der Waals surface area contributed by atoms with Gasteiger partial charge < -0.3 is 5.32 Å². The van der Waals surface area contributed by atoms with Crippen molar-refractivity contribution in [1.29, 1.82) is 0 Å². The van der Waals surface area contributed by atoms with Crippen molar-refractivity contribution in [2.75, 3.05) is 0 Å². The summed E-state index contributed by atoms with van der Waals surface area (Å²) in [5.74, 6) is -0.253. The molecule has 0 spiro atoms. The van der Waals surface area contributed by atoms with Gasteiger partial charge in [0.05, 0.1) is 0 Å². The predicted molar refractivity (Wildman–Crippen MR) is 70.1 cm³/mol. The van der Waals surface area contributed by atoms with Crippen LogP contribution in [0.15, 0.2) is 18.2 Å². The molecule has 0 aliphatic heterocycles. The minimum absolute atomic E-state index is 0.177. The van der Waals surface area contributed by atoms with Crippen molar-refractivity contribution >= 4 is 23.2 Å². The second kappa shape index (κ2) is 6.03. The van der Waals surface area contributed by atoms with Gasteiger partial charge in [0.25, 0.3) is 0 Å². The van der Waals surface area contributed by atoms with Crippen LogP contribution >= 0.6 is 23.2 Å². The van der Waals surface area contributed by atoms with E-state index in [4.69, 9.17) is 23.2 Å². The second-order valence-electron chi connectivity index (χ2n) is 4.52. The molecular formula is C13H16Cl2FN. The summed E-state index contributed by atoms with van der Waals surface area (Å²) in [5.41, 5.74) is 0.793. The van der Waals surface area contributed by atoms with Gasteiger partial charge in [0.1, 0.15) is 5.82 Å². The number of halogens is 3. The SMILES string of the molecule is Fc1ccc(Cl)c(CNC2CCCCC2Cl)c1. The normalized spacial score (nSPS) is 24.9. The van der Waals surface area contributed by atoms with E-state index in [0.717, 1.165) is 18.4 Å². The lowest BCUT2D eigenvalue weighted by Crippen LogP contribution is -2.38. The average Bonchev–Trinajstić information content (AvgIpc) is 2.32. The molecule has 0 saturated heterocycles. The molecule has 1 aromatic carbocycles. The summed E-state index contributed by atoms with van der Waals surface area (Å²) in [6.07, 6.45) is 4.54. The van der Waals surface area contributed by atoms with E-state index in [1.807, 2.05) is 0 Å². The lowest BCUT2D eigenvalue weighted by Gasteiger charge is -2.28. The van der Waals surface area contributed by atoms with Crippen LogP contribution in [0.1, 0.15) is 31.2 Å². The Kier molecular flexibility index (Phi) is 4.66. The lowest BCUT2D eigenvalue weighted by atomic mass is 9.95. The largest absolute Gasteiger partial charge is 0.308 e. The van der Waals surface area contributed by atoms with Gasteiger partial charge in [-0.2, -0.15) is 0 Å². The first kappa shape index (κ1) is 13.1. The fourth-order valence-electron chi connectivity index (χ4n) is 2.24. The van der Waals surface area contributed by atoms with Crippen molar-refractivity contribution < 1.29 is 4.39 Å². The molecule has 0 amide bonds. The molecule has 17 heavy (non-hydrogen) atoms. The highest BCUT2D eigenvalue weighted by Gasteiger charge is 2.22. The van der Waals surface area contributed by atoms with E-state index in [1.165, 1.54) is 25.0 Å². The Balaban J connectivity index is 1.94. The number of benzene rings is 1. The molecule has 0 heterocycles. The van der Waals surface area contributed by atoms with Crippen molar-refractivity contribution in [3.63, 3.8) is 0 Å². The summed E-state index contributed by atoms with van der Waals surface area (Å²) in [6, 6.07) is 4.75. The summed E-state index contributed by atoms with van der Waals surface area (Å²) in [6.45, 7) is 0.574. The highest BCUT2D eigenvalue weighted by molar-refractivity contribution is 6.31. The van der Waals surface area contributed by atoms with Gasteiger partial charge in [0, 0.05) is 23.0 Å². The molecule has 1 aliphatic rings. The topological polar surface area (TPSA) is 12.0 Å². The first-order valence-electron chi connectivity index (χ1n) is 5.98. The molecule has 2 atom stereocenters. The number of rotatable bonds is 3. The number of hydrogen-bond acceptors (Lipinski definition) is 1. The third-order valence-electron chi connectivity index (χ3n) is 3.24. The molecule has 0 aromatic heterocycles.